The van der Waals surface area contributed by atoms with E-state index in [0.29, 0.717) is 26.9 Å². The number of nitrogens with one attached hydrogen (secondary N) is 1. The molecule has 0 aliphatic heterocycles. The van der Waals surface area contributed by atoms with Crippen LogP contribution in [0.2, 0.25) is 5.02 Å². The Morgan fingerprint density at radius 2 is 1.72 bits per heavy atom. The SMILES string of the molecule is COc1ccc(S(=O)(=O)N(CC(=O)NCCSCc2cccc(Cl)c2)c2cccc(C(F)(F)F)c2)cc1OC. The Morgan fingerprint density at radius 1 is 1.00 bits per heavy atom. The lowest BCUT2D eigenvalue weighted by atomic mass is 10.2. The van der Waals surface area contributed by atoms with Gasteiger partial charge in [-0.1, -0.05) is 29.8 Å². The number of thioether (sulfide) groups is 1. The monoisotopic (exact) mass is 602 g/mol. The number of nitrogens with zero attached hydrogens (tertiary/aromatic N) is 1. The maximum atomic E-state index is 13.6. The van der Waals surface area contributed by atoms with E-state index in [1.54, 1.807) is 6.07 Å². The quantitative estimate of drug-likeness (QED) is 0.271. The Labute approximate surface area is 234 Å². The van der Waals surface area contributed by atoms with Crippen LogP contribution in [0, 0.1) is 0 Å². The zero-order valence-corrected chi connectivity index (χ0v) is 23.4. The van der Waals surface area contributed by atoms with Gasteiger partial charge in [0.1, 0.15) is 6.54 Å². The van der Waals surface area contributed by atoms with Crippen molar-refractivity contribution < 1.29 is 35.9 Å². The number of alkyl halides is 3. The summed E-state index contributed by atoms with van der Waals surface area (Å²) in [5.41, 5.74) is -0.356. The first-order chi connectivity index (χ1) is 18.5. The van der Waals surface area contributed by atoms with Crippen molar-refractivity contribution in [2.45, 2.75) is 16.8 Å². The molecule has 210 valence electrons. The van der Waals surface area contributed by atoms with E-state index < -0.39 is 34.2 Å². The van der Waals surface area contributed by atoms with Gasteiger partial charge in [-0.25, -0.2) is 8.42 Å². The van der Waals surface area contributed by atoms with Gasteiger partial charge < -0.3 is 14.8 Å². The molecule has 1 N–H and O–H groups in total. The smallest absolute Gasteiger partial charge is 0.416 e. The van der Waals surface area contributed by atoms with E-state index in [1.807, 2.05) is 18.2 Å². The van der Waals surface area contributed by atoms with Crippen molar-refractivity contribution in [1.29, 1.82) is 0 Å². The van der Waals surface area contributed by atoms with Gasteiger partial charge in [-0.3, -0.25) is 9.10 Å². The topological polar surface area (TPSA) is 84.9 Å². The summed E-state index contributed by atoms with van der Waals surface area (Å²) in [6.07, 6.45) is -4.71. The molecule has 0 spiro atoms. The third-order valence-electron chi connectivity index (χ3n) is 5.42. The summed E-state index contributed by atoms with van der Waals surface area (Å²) in [6.45, 7) is -0.520. The molecule has 0 saturated carbocycles. The molecule has 0 bridgehead atoms. The van der Waals surface area contributed by atoms with Gasteiger partial charge in [0.15, 0.2) is 11.5 Å². The summed E-state index contributed by atoms with van der Waals surface area (Å²) in [7, 11) is -1.80. The summed E-state index contributed by atoms with van der Waals surface area (Å²) < 4.78 is 78.3. The summed E-state index contributed by atoms with van der Waals surface area (Å²) in [5, 5.41) is 3.25. The van der Waals surface area contributed by atoms with Crippen molar-refractivity contribution >= 4 is 45.0 Å². The lowest BCUT2D eigenvalue weighted by Crippen LogP contribution is -2.41. The molecule has 7 nitrogen and oxygen atoms in total. The molecule has 13 heteroatoms. The number of methoxy groups -OCH3 is 2. The predicted molar refractivity (Wildman–Crippen MR) is 146 cm³/mol. The summed E-state index contributed by atoms with van der Waals surface area (Å²) >= 11 is 7.51. The second-order valence-corrected chi connectivity index (χ2v) is 11.5. The van der Waals surface area contributed by atoms with E-state index in [1.165, 1.54) is 50.2 Å². The Balaban J connectivity index is 1.80. The number of hydrogen-bond acceptors (Lipinski definition) is 6. The van der Waals surface area contributed by atoms with Gasteiger partial charge in [0.2, 0.25) is 5.91 Å². The van der Waals surface area contributed by atoms with Crippen molar-refractivity contribution in [3.63, 3.8) is 0 Å². The Hall–Kier alpha value is -3.09. The van der Waals surface area contributed by atoms with Crippen molar-refractivity contribution in [2.24, 2.45) is 0 Å². The molecule has 0 fully saturated rings. The van der Waals surface area contributed by atoms with Crippen LogP contribution >= 0.6 is 23.4 Å². The molecule has 3 rings (SSSR count). The second-order valence-electron chi connectivity index (χ2n) is 8.11. The number of rotatable bonds is 12. The number of hydrogen-bond donors (Lipinski definition) is 1. The number of benzene rings is 3. The lowest BCUT2D eigenvalue weighted by Gasteiger charge is -2.25. The molecule has 0 atom stereocenters. The van der Waals surface area contributed by atoms with Crippen LogP contribution in [0.5, 0.6) is 11.5 Å². The van der Waals surface area contributed by atoms with E-state index >= 15 is 0 Å². The first kappa shape index (κ1) is 30.5. The van der Waals surface area contributed by atoms with Gasteiger partial charge in [0, 0.05) is 29.1 Å². The van der Waals surface area contributed by atoms with Crippen LogP contribution in [0.3, 0.4) is 0 Å². The molecule has 0 radical (unpaired) electrons. The van der Waals surface area contributed by atoms with Crippen LogP contribution in [-0.4, -0.2) is 47.4 Å². The molecule has 0 aliphatic carbocycles. The van der Waals surface area contributed by atoms with E-state index in [0.717, 1.165) is 17.7 Å². The number of halogens is 4. The number of carbonyl (C=O) groups is 1. The van der Waals surface area contributed by atoms with Crippen molar-refractivity contribution in [2.75, 3.05) is 37.4 Å². The van der Waals surface area contributed by atoms with E-state index in [4.69, 9.17) is 21.1 Å². The van der Waals surface area contributed by atoms with E-state index in [9.17, 15) is 26.4 Å². The Bertz CT molecular complexity index is 1400. The fourth-order valence-electron chi connectivity index (χ4n) is 3.52. The van der Waals surface area contributed by atoms with Gasteiger partial charge in [-0.05, 0) is 48.0 Å². The molecule has 3 aromatic rings. The number of ether oxygens (including phenoxy) is 2. The molecule has 0 aliphatic rings. The highest BCUT2D eigenvalue weighted by atomic mass is 35.5. The van der Waals surface area contributed by atoms with Crippen LogP contribution in [0.15, 0.2) is 71.6 Å². The molecule has 3 aromatic carbocycles. The molecule has 1 amide bonds. The van der Waals surface area contributed by atoms with Crippen molar-refractivity contribution in [3.05, 3.63) is 82.9 Å². The van der Waals surface area contributed by atoms with Crippen LogP contribution < -0.4 is 19.1 Å². The predicted octanol–water partition coefficient (Wildman–Crippen LogP) is 5.62. The maximum absolute atomic E-state index is 13.6. The van der Waals surface area contributed by atoms with Gasteiger partial charge in [0.05, 0.1) is 30.4 Å². The number of carbonyl (C=O) groups excluding carboxylic acids is 1. The van der Waals surface area contributed by atoms with Crippen LogP contribution in [0.4, 0.5) is 18.9 Å². The van der Waals surface area contributed by atoms with Gasteiger partial charge in [-0.15, -0.1) is 0 Å². The van der Waals surface area contributed by atoms with E-state index in [-0.39, 0.29) is 28.6 Å². The van der Waals surface area contributed by atoms with Crippen LogP contribution in [0.25, 0.3) is 0 Å². The van der Waals surface area contributed by atoms with Gasteiger partial charge in [0.25, 0.3) is 10.0 Å². The largest absolute Gasteiger partial charge is 0.493 e. The molecule has 39 heavy (non-hydrogen) atoms. The molecule has 0 unspecified atom stereocenters. The molecular weight excluding hydrogens is 577 g/mol. The maximum Gasteiger partial charge on any atom is 0.416 e. The molecular formula is C26H26ClF3N2O5S2. The first-order valence-electron chi connectivity index (χ1n) is 11.5. The zero-order valence-electron chi connectivity index (χ0n) is 21.0. The standard InChI is InChI=1S/C26H26ClF3N2O5S2/c1-36-23-10-9-22(15-24(23)37-2)39(34,35)32(21-8-4-6-19(14-21)26(28,29)30)16-25(33)31-11-12-38-17-18-5-3-7-20(27)13-18/h3-10,13-15H,11-12,16-17H2,1-2H3,(H,31,33). The fraction of sp³-hybridized carbons (Fsp3) is 0.269. The van der Waals surface area contributed by atoms with Crippen molar-refractivity contribution in [1.82, 2.24) is 5.32 Å². The molecule has 0 saturated heterocycles. The number of sulfonamides is 1. The third kappa shape index (κ3) is 8.20. The van der Waals surface area contributed by atoms with E-state index in [2.05, 4.69) is 5.32 Å². The highest BCUT2D eigenvalue weighted by Gasteiger charge is 2.33. The zero-order chi connectivity index (χ0) is 28.6. The summed E-state index contributed by atoms with van der Waals surface area (Å²) in [5.74, 6) is 0.851. The average Bonchev–Trinajstić information content (AvgIpc) is 2.90. The number of anilines is 1. The number of amides is 1. The molecule has 0 heterocycles. The third-order valence-corrected chi connectivity index (χ3v) is 8.45. The first-order valence-corrected chi connectivity index (χ1v) is 14.4. The average molecular weight is 603 g/mol. The Morgan fingerprint density at radius 3 is 2.38 bits per heavy atom. The highest BCUT2D eigenvalue weighted by molar-refractivity contribution is 7.98. The van der Waals surface area contributed by atoms with Gasteiger partial charge >= 0.3 is 6.18 Å². The Kier molecular flexibility index (Phi) is 10.4. The highest BCUT2D eigenvalue weighted by Crippen LogP contribution is 2.35. The minimum atomic E-state index is -4.71. The molecule has 0 aromatic heterocycles. The van der Waals surface area contributed by atoms with Crippen molar-refractivity contribution in [3.8, 4) is 11.5 Å². The van der Waals surface area contributed by atoms with Crippen LogP contribution in [0.1, 0.15) is 11.1 Å². The summed E-state index contributed by atoms with van der Waals surface area (Å²) in [6, 6.07) is 14.9. The van der Waals surface area contributed by atoms with Gasteiger partial charge in [-0.2, -0.15) is 24.9 Å². The minimum absolute atomic E-state index is 0.101. The minimum Gasteiger partial charge on any atom is -0.493 e. The normalized spacial score (nSPS) is 11.6. The summed E-state index contributed by atoms with van der Waals surface area (Å²) in [4.78, 5) is 12.5. The second kappa shape index (κ2) is 13.3. The lowest BCUT2D eigenvalue weighted by molar-refractivity contribution is -0.137. The fourth-order valence-corrected chi connectivity index (χ4v) is 5.97. The van der Waals surface area contributed by atoms with Crippen LogP contribution in [-0.2, 0) is 26.7 Å².